The van der Waals surface area contributed by atoms with Gasteiger partial charge in [-0.05, 0) is 31.9 Å². The fraction of sp³-hybridized carbons (Fsp3) is 0.357. The Labute approximate surface area is 115 Å². The largest absolute Gasteiger partial charge is 0.356 e. The Balaban J connectivity index is 1.83. The van der Waals surface area contributed by atoms with E-state index in [-0.39, 0.29) is 0 Å². The summed E-state index contributed by atoms with van der Waals surface area (Å²) in [5.74, 6) is 0.865. The Kier molecular flexibility index (Phi) is 3.22. The number of hydrogen-bond donors (Lipinski definition) is 1. The molecule has 0 bridgehead atoms. The lowest BCUT2D eigenvalue weighted by Crippen LogP contribution is -2.16. The maximum atomic E-state index is 5.48. The summed E-state index contributed by atoms with van der Waals surface area (Å²) in [6.07, 6.45) is 2.57. The van der Waals surface area contributed by atoms with Crippen LogP contribution in [0.15, 0.2) is 33.3 Å². The fourth-order valence-corrected chi connectivity index (χ4v) is 2.36. The zero-order valence-electron chi connectivity index (χ0n) is 10.2. The molecule has 2 aromatic rings. The van der Waals surface area contributed by atoms with E-state index in [1.54, 1.807) is 0 Å². The van der Waals surface area contributed by atoms with Gasteiger partial charge in [-0.1, -0.05) is 33.2 Å². The Morgan fingerprint density at radius 2 is 2.28 bits per heavy atom. The lowest BCUT2D eigenvalue weighted by Gasteiger charge is -2.00. The van der Waals surface area contributed by atoms with Crippen molar-refractivity contribution in [3.63, 3.8) is 0 Å². The van der Waals surface area contributed by atoms with E-state index in [9.17, 15) is 0 Å². The summed E-state index contributed by atoms with van der Waals surface area (Å²) in [5.41, 5.74) is 3.20. The minimum absolute atomic E-state index is 0.690. The predicted octanol–water partition coefficient (Wildman–Crippen LogP) is 3.66. The van der Waals surface area contributed by atoms with Gasteiger partial charge in [0.25, 0.3) is 0 Å². The smallest absolute Gasteiger partial charge is 0.170 e. The summed E-state index contributed by atoms with van der Waals surface area (Å²) < 4.78 is 6.53. The third-order valence-electron chi connectivity index (χ3n) is 3.24. The monoisotopic (exact) mass is 306 g/mol. The molecular formula is C14H15BrN2O. The minimum Gasteiger partial charge on any atom is -0.356 e. The Hall–Kier alpha value is -1.13. The van der Waals surface area contributed by atoms with Crippen molar-refractivity contribution >= 4 is 15.9 Å². The van der Waals surface area contributed by atoms with Crippen LogP contribution in [0.1, 0.15) is 24.1 Å². The number of aromatic nitrogens is 1. The Morgan fingerprint density at radius 3 is 3.00 bits per heavy atom. The Morgan fingerprint density at radius 1 is 1.44 bits per heavy atom. The number of nitrogens with zero attached hydrogens (tertiary/aromatic N) is 1. The van der Waals surface area contributed by atoms with Gasteiger partial charge >= 0.3 is 0 Å². The lowest BCUT2D eigenvalue weighted by atomic mass is 10.1. The molecule has 0 saturated heterocycles. The average Bonchev–Trinajstić information content (AvgIpc) is 3.11. The second kappa shape index (κ2) is 4.86. The van der Waals surface area contributed by atoms with Crippen LogP contribution in [0.25, 0.3) is 11.3 Å². The van der Waals surface area contributed by atoms with Crippen LogP contribution < -0.4 is 5.32 Å². The number of hydrogen-bond acceptors (Lipinski definition) is 3. The van der Waals surface area contributed by atoms with Gasteiger partial charge < -0.3 is 9.84 Å². The van der Waals surface area contributed by atoms with Crippen molar-refractivity contribution in [1.82, 2.24) is 10.5 Å². The molecule has 1 aromatic carbocycles. The van der Waals surface area contributed by atoms with Crippen molar-refractivity contribution in [2.24, 2.45) is 0 Å². The zero-order chi connectivity index (χ0) is 12.5. The summed E-state index contributed by atoms with van der Waals surface area (Å²) in [4.78, 5) is 0. The molecule has 1 fully saturated rings. The molecule has 1 aliphatic carbocycles. The van der Waals surface area contributed by atoms with Gasteiger partial charge in [-0.25, -0.2) is 0 Å². The van der Waals surface area contributed by atoms with Crippen LogP contribution in [0, 0.1) is 6.92 Å². The topological polar surface area (TPSA) is 38.1 Å². The highest BCUT2D eigenvalue weighted by atomic mass is 79.9. The molecule has 4 heteroatoms. The minimum atomic E-state index is 0.690. The van der Waals surface area contributed by atoms with Gasteiger partial charge in [0, 0.05) is 28.2 Å². The van der Waals surface area contributed by atoms with Crippen molar-refractivity contribution in [2.75, 3.05) is 0 Å². The van der Waals surface area contributed by atoms with E-state index in [1.807, 2.05) is 24.3 Å². The zero-order valence-corrected chi connectivity index (χ0v) is 11.8. The van der Waals surface area contributed by atoms with Crippen molar-refractivity contribution in [3.8, 4) is 11.3 Å². The summed E-state index contributed by atoms with van der Waals surface area (Å²) in [6, 6.07) is 8.78. The lowest BCUT2D eigenvalue weighted by molar-refractivity contribution is 0.419. The summed E-state index contributed by atoms with van der Waals surface area (Å²) in [6.45, 7) is 2.87. The molecule has 1 N–H and O–H groups in total. The van der Waals surface area contributed by atoms with E-state index >= 15 is 0 Å². The highest BCUT2D eigenvalue weighted by Gasteiger charge is 2.22. The first-order chi connectivity index (χ1) is 8.74. The van der Waals surface area contributed by atoms with E-state index in [0.717, 1.165) is 33.6 Å². The molecule has 1 aromatic heterocycles. The summed E-state index contributed by atoms with van der Waals surface area (Å²) in [5, 5.41) is 7.63. The van der Waals surface area contributed by atoms with Crippen LogP contribution in [0.5, 0.6) is 0 Å². The predicted molar refractivity (Wildman–Crippen MR) is 74.2 cm³/mol. The molecule has 1 heterocycles. The molecule has 94 valence electrons. The summed E-state index contributed by atoms with van der Waals surface area (Å²) >= 11 is 3.47. The first kappa shape index (κ1) is 11.9. The second-order valence-corrected chi connectivity index (χ2v) is 5.66. The molecule has 0 radical (unpaired) electrons. The standard InChI is InChI=1S/C14H15BrN2O/c1-9-13(8-16-12-5-6-12)17-18-14(9)10-3-2-4-11(15)7-10/h2-4,7,12,16H,5-6,8H2,1H3. The number of rotatable bonds is 4. The van der Waals surface area contributed by atoms with E-state index in [2.05, 4.69) is 33.3 Å². The maximum absolute atomic E-state index is 5.48. The van der Waals surface area contributed by atoms with E-state index < -0.39 is 0 Å². The van der Waals surface area contributed by atoms with E-state index in [0.29, 0.717) is 6.04 Å². The highest BCUT2D eigenvalue weighted by molar-refractivity contribution is 9.10. The van der Waals surface area contributed by atoms with Crippen LogP contribution in [0.4, 0.5) is 0 Å². The average molecular weight is 307 g/mol. The van der Waals surface area contributed by atoms with Crippen molar-refractivity contribution < 1.29 is 4.52 Å². The number of nitrogens with one attached hydrogen (secondary N) is 1. The maximum Gasteiger partial charge on any atom is 0.170 e. The number of benzene rings is 1. The molecule has 3 rings (SSSR count). The van der Waals surface area contributed by atoms with Gasteiger partial charge in [0.1, 0.15) is 5.69 Å². The molecule has 3 nitrogen and oxygen atoms in total. The van der Waals surface area contributed by atoms with Gasteiger partial charge in [0.15, 0.2) is 5.76 Å². The van der Waals surface area contributed by atoms with Crippen LogP contribution in [-0.4, -0.2) is 11.2 Å². The third-order valence-corrected chi connectivity index (χ3v) is 3.74. The molecule has 0 unspecified atom stereocenters. The molecule has 18 heavy (non-hydrogen) atoms. The molecule has 0 atom stereocenters. The molecule has 0 amide bonds. The van der Waals surface area contributed by atoms with Crippen molar-refractivity contribution in [1.29, 1.82) is 0 Å². The first-order valence-electron chi connectivity index (χ1n) is 6.18. The molecule has 1 aliphatic rings. The number of halogens is 1. The molecule has 0 spiro atoms. The van der Waals surface area contributed by atoms with Crippen LogP contribution >= 0.6 is 15.9 Å². The van der Waals surface area contributed by atoms with E-state index in [1.165, 1.54) is 12.8 Å². The van der Waals surface area contributed by atoms with Gasteiger partial charge in [0.2, 0.25) is 0 Å². The van der Waals surface area contributed by atoms with Crippen molar-refractivity contribution in [2.45, 2.75) is 32.4 Å². The van der Waals surface area contributed by atoms with E-state index in [4.69, 9.17) is 4.52 Å². The highest BCUT2D eigenvalue weighted by Crippen LogP contribution is 2.28. The van der Waals surface area contributed by atoms with Crippen LogP contribution in [-0.2, 0) is 6.54 Å². The molecular weight excluding hydrogens is 292 g/mol. The summed E-state index contributed by atoms with van der Waals surface area (Å²) in [7, 11) is 0. The Bertz CT molecular complexity index is 561. The van der Waals surface area contributed by atoms with Gasteiger partial charge in [-0.15, -0.1) is 0 Å². The van der Waals surface area contributed by atoms with Gasteiger partial charge in [-0.2, -0.15) is 0 Å². The molecule has 1 saturated carbocycles. The fourth-order valence-electron chi connectivity index (χ4n) is 1.96. The van der Waals surface area contributed by atoms with Crippen LogP contribution in [0.2, 0.25) is 0 Å². The van der Waals surface area contributed by atoms with Gasteiger partial charge in [-0.3, -0.25) is 0 Å². The normalized spacial score (nSPS) is 15.0. The van der Waals surface area contributed by atoms with Crippen molar-refractivity contribution in [3.05, 3.63) is 40.0 Å². The molecule has 0 aliphatic heterocycles. The second-order valence-electron chi connectivity index (χ2n) is 4.75. The first-order valence-corrected chi connectivity index (χ1v) is 6.98. The third kappa shape index (κ3) is 2.49. The SMILES string of the molecule is Cc1c(CNC2CC2)noc1-c1cccc(Br)c1. The van der Waals surface area contributed by atoms with Gasteiger partial charge in [0.05, 0.1) is 0 Å². The van der Waals surface area contributed by atoms with Crippen LogP contribution in [0.3, 0.4) is 0 Å². The quantitative estimate of drug-likeness (QED) is 0.936.